The Morgan fingerprint density at radius 3 is 1.83 bits per heavy atom. The second-order valence-corrected chi connectivity index (χ2v) is 4.30. The summed E-state index contributed by atoms with van der Waals surface area (Å²) in [6, 6.07) is 14.4. The Morgan fingerprint density at radius 1 is 0.870 bits per heavy atom. The maximum absolute atomic E-state index is 11.9. The molecule has 23 heavy (non-hydrogen) atoms. The molecule has 0 saturated carbocycles. The molecule has 0 unspecified atom stereocenters. The van der Waals surface area contributed by atoms with Crippen molar-refractivity contribution in [3.8, 4) is 5.75 Å². The number of carbonyl (C=O) groups excluding carboxylic acids is 1. The molecule has 0 radical (unpaired) electrons. The van der Waals surface area contributed by atoms with Gasteiger partial charge in [0.25, 0.3) is 0 Å². The lowest BCUT2D eigenvalue weighted by Gasteiger charge is -2.06. The summed E-state index contributed by atoms with van der Waals surface area (Å²) in [6.45, 7) is 1.60. The van der Waals surface area contributed by atoms with Gasteiger partial charge in [0.1, 0.15) is 5.75 Å². The van der Waals surface area contributed by atoms with Crippen molar-refractivity contribution in [3.63, 3.8) is 0 Å². The zero-order valence-electron chi connectivity index (χ0n) is 12.4. The molecular weight excluding hydrogens is 300 g/mol. The average Bonchev–Trinajstić information content (AvgIpc) is 2.56. The van der Waals surface area contributed by atoms with E-state index in [0.29, 0.717) is 5.75 Å². The van der Waals surface area contributed by atoms with Gasteiger partial charge in [0, 0.05) is 6.42 Å². The van der Waals surface area contributed by atoms with Crippen LogP contribution in [0.4, 0.5) is 0 Å². The summed E-state index contributed by atoms with van der Waals surface area (Å²) >= 11 is 0. The van der Waals surface area contributed by atoms with Gasteiger partial charge in [-0.2, -0.15) is 0 Å². The second-order valence-electron chi connectivity index (χ2n) is 4.30. The van der Waals surface area contributed by atoms with Gasteiger partial charge in [-0.1, -0.05) is 37.3 Å². The quantitative estimate of drug-likeness (QED) is 0.664. The third-order valence-corrected chi connectivity index (χ3v) is 2.63. The van der Waals surface area contributed by atoms with Crippen LogP contribution in [0, 0.1) is 0 Å². The zero-order chi connectivity index (χ0) is 17.2. The molecule has 0 fully saturated rings. The fraction of sp³-hybridized carbons (Fsp3) is 0.118. The Bertz CT molecular complexity index is 678. The molecule has 0 atom stereocenters. The molecular formula is C17H16O6. The van der Waals surface area contributed by atoms with Crippen LogP contribution in [-0.4, -0.2) is 28.1 Å². The van der Waals surface area contributed by atoms with E-state index in [1.165, 1.54) is 12.1 Å². The van der Waals surface area contributed by atoms with E-state index in [2.05, 4.69) is 0 Å². The Hall–Kier alpha value is -3.15. The first-order valence-corrected chi connectivity index (χ1v) is 6.77. The number of aliphatic carboxylic acids is 1. The van der Waals surface area contributed by atoms with E-state index in [1.807, 2.05) is 0 Å². The third-order valence-electron chi connectivity index (χ3n) is 2.63. The number of esters is 1. The zero-order valence-corrected chi connectivity index (χ0v) is 12.4. The van der Waals surface area contributed by atoms with Gasteiger partial charge >= 0.3 is 17.9 Å². The number of carboxylic acids is 2. The fourth-order valence-corrected chi connectivity index (χ4v) is 1.50. The normalized spacial score (nSPS) is 9.26. The maximum Gasteiger partial charge on any atom is 0.344 e. The van der Waals surface area contributed by atoms with Gasteiger partial charge in [-0.3, -0.25) is 4.79 Å². The van der Waals surface area contributed by atoms with Crippen molar-refractivity contribution in [2.45, 2.75) is 13.3 Å². The first-order chi connectivity index (χ1) is 11.0. The van der Waals surface area contributed by atoms with E-state index >= 15 is 0 Å². The van der Waals surface area contributed by atoms with Crippen molar-refractivity contribution < 1.29 is 29.3 Å². The minimum absolute atomic E-state index is 0.0360. The molecule has 0 aliphatic rings. The Labute approximate surface area is 133 Å². The minimum Gasteiger partial charge on any atom is -0.481 e. The first-order valence-electron chi connectivity index (χ1n) is 6.77. The molecule has 0 amide bonds. The predicted molar refractivity (Wildman–Crippen MR) is 82.7 cm³/mol. The Kier molecular flexibility index (Phi) is 7.00. The lowest BCUT2D eigenvalue weighted by atomic mass is 10.1. The number of rotatable bonds is 4. The van der Waals surface area contributed by atoms with Crippen LogP contribution in [-0.2, 0) is 4.79 Å². The van der Waals surface area contributed by atoms with Gasteiger partial charge in [0.15, 0.2) is 0 Å². The summed E-state index contributed by atoms with van der Waals surface area (Å²) in [5, 5.41) is 16.7. The number of hydrogen-bond donors (Lipinski definition) is 2. The molecule has 0 aliphatic heterocycles. The number of aromatic carboxylic acids is 1. The molecule has 6 heteroatoms. The van der Waals surface area contributed by atoms with Gasteiger partial charge in [-0.15, -0.1) is 0 Å². The van der Waals surface area contributed by atoms with E-state index in [4.69, 9.17) is 14.9 Å². The summed E-state index contributed by atoms with van der Waals surface area (Å²) in [6.07, 6.45) is 0.222. The highest BCUT2D eigenvalue weighted by atomic mass is 16.5. The number of benzene rings is 2. The third kappa shape index (κ3) is 6.01. The van der Waals surface area contributed by atoms with Gasteiger partial charge in [-0.25, -0.2) is 9.59 Å². The molecule has 0 aliphatic carbocycles. The number of carbonyl (C=O) groups is 3. The summed E-state index contributed by atoms with van der Waals surface area (Å²) in [5.41, 5.74) is -0.0349. The van der Waals surface area contributed by atoms with Crippen molar-refractivity contribution >= 4 is 17.9 Å². The largest absolute Gasteiger partial charge is 0.481 e. The monoisotopic (exact) mass is 316 g/mol. The van der Waals surface area contributed by atoms with Crippen molar-refractivity contribution in [2.24, 2.45) is 0 Å². The van der Waals surface area contributed by atoms with Crippen LogP contribution >= 0.6 is 0 Å². The van der Waals surface area contributed by atoms with E-state index < -0.39 is 17.9 Å². The lowest BCUT2D eigenvalue weighted by molar-refractivity contribution is -0.136. The van der Waals surface area contributed by atoms with Gasteiger partial charge in [-0.05, 0) is 24.3 Å². The summed E-state index contributed by atoms with van der Waals surface area (Å²) in [4.78, 5) is 32.2. The average molecular weight is 316 g/mol. The molecule has 0 aromatic heterocycles. The lowest BCUT2D eigenvalue weighted by Crippen LogP contribution is -2.13. The minimum atomic E-state index is -1.16. The smallest absolute Gasteiger partial charge is 0.344 e. The summed E-state index contributed by atoms with van der Waals surface area (Å²) in [7, 11) is 0. The number of para-hydroxylation sites is 1. The van der Waals surface area contributed by atoms with Gasteiger partial charge in [0.05, 0.1) is 11.1 Å². The molecule has 0 heterocycles. The molecule has 120 valence electrons. The standard InChI is InChI=1S/C14H10O4.C3H6O2/c15-13(16)11-8-4-5-9-12(11)14(17)18-10-6-2-1-3-7-10;1-2-3(4)5/h1-9H,(H,15,16);2H2,1H3,(H,4,5). The van der Waals surface area contributed by atoms with Gasteiger partial charge in [0.2, 0.25) is 0 Å². The van der Waals surface area contributed by atoms with E-state index in [0.717, 1.165) is 0 Å². The molecule has 2 rings (SSSR count). The molecule has 2 aromatic carbocycles. The molecule has 2 N–H and O–H groups in total. The van der Waals surface area contributed by atoms with Gasteiger partial charge < -0.3 is 14.9 Å². The number of hydrogen-bond acceptors (Lipinski definition) is 4. The highest BCUT2D eigenvalue weighted by Gasteiger charge is 2.17. The van der Waals surface area contributed by atoms with E-state index in [9.17, 15) is 14.4 Å². The van der Waals surface area contributed by atoms with Crippen LogP contribution in [0.5, 0.6) is 5.75 Å². The fourth-order valence-electron chi connectivity index (χ4n) is 1.50. The molecule has 0 saturated heterocycles. The van der Waals surface area contributed by atoms with Crippen molar-refractivity contribution in [3.05, 3.63) is 65.7 Å². The van der Waals surface area contributed by atoms with E-state index in [1.54, 1.807) is 49.4 Å². The van der Waals surface area contributed by atoms with Crippen LogP contribution in [0.25, 0.3) is 0 Å². The highest BCUT2D eigenvalue weighted by molar-refractivity contribution is 6.03. The maximum atomic E-state index is 11.9. The van der Waals surface area contributed by atoms with E-state index in [-0.39, 0.29) is 17.5 Å². The van der Waals surface area contributed by atoms with Crippen LogP contribution in [0.15, 0.2) is 54.6 Å². The Morgan fingerprint density at radius 2 is 1.35 bits per heavy atom. The van der Waals surface area contributed by atoms with Crippen LogP contribution in [0.2, 0.25) is 0 Å². The van der Waals surface area contributed by atoms with Crippen LogP contribution < -0.4 is 4.74 Å². The number of carboxylic acid groups (broad SMARTS) is 2. The number of ether oxygens (including phenoxy) is 1. The van der Waals surface area contributed by atoms with Crippen molar-refractivity contribution in [1.82, 2.24) is 0 Å². The van der Waals surface area contributed by atoms with Crippen molar-refractivity contribution in [2.75, 3.05) is 0 Å². The Balaban J connectivity index is 0.000000463. The predicted octanol–water partition coefficient (Wildman–Crippen LogP) is 3.09. The van der Waals surface area contributed by atoms with Crippen molar-refractivity contribution in [1.29, 1.82) is 0 Å². The second kappa shape index (κ2) is 8.99. The molecule has 2 aromatic rings. The van der Waals surface area contributed by atoms with Crippen LogP contribution in [0.3, 0.4) is 0 Å². The SMILES string of the molecule is CCC(=O)O.O=C(O)c1ccccc1C(=O)Oc1ccccc1. The summed E-state index contributed by atoms with van der Waals surface area (Å²) < 4.78 is 5.09. The topological polar surface area (TPSA) is 101 Å². The molecule has 0 bridgehead atoms. The summed E-state index contributed by atoms with van der Waals surface area (Å²) in [5.74, 6) is -2.21. The first kappa shape index (κ1) is 17.9. The molecule has 6 nitrogen and oxygen atoms in total. The highest BCUT2D eigenvalue weighted by Crippen LogP contribution is 2.14. The van der Waals surface area contributed by atoms with Crippen LogP contribution in [0.1, 0.15) is 34.1 Å². The molecule has 0 spiro atoms.